The third-order valence-electron chi connectivity index (χ3n) is 3.03. The molecule has 2 rings (SSSR count). The van der Waals surface area contributed by atoms with Crippen LogP contribution in [0.3, 0.4) is 0 Å². The van der Waals surface area contributed by atoms with E-state index in [9.17, 15) is 0 Å². The van der Waals surface area contributed by atoms with Crippen molar-refractivity contribution in [1.29, 1.82) is 0 Å². The molecule has 1 heterocycles. The number of nitrogens with one attached hydrogen (secondary N) is 1. The van der Waals surface area contributed by atoms with Gasteiger partial charge in [0.05, 0.1) is 0 Å². The van der Waals surface area contributed by atoms with Crippen molar-refractivity contribution in [3.63, 3.8) is 0 Å². The lowest BCUT2D eigenvalue weighted by Crippen LogP contribution is -2.30. The van der Waals surface area contributed by atoms with Crippen LogP contribution in [0.1, 0.15) is 38.3 Å². The van der Waals surface area contributed by atoms with Crippen LogP contribution in [-0.2, 0) is 0 Å². The van der Waals surface area contributed by atoms with E-state index in [2.05, 4.69) is 30.2 Å². The van der Waals surface area contributed by atoms with Crippen LogP contribution in [0.4, 0.5) is 0 Å². The summed E-state index contributed by atoms with van der Waals surface area (Å²) in [5, 5.41) is 3.62. The third kappa shape index (κ3) is 2.32. The number of hydrogen-bond acceptors (Lipinski definition) is 2. The molecule has 1 fully saturated rings. The van der Waals surface area contributed by atoms with Gasteiger partial charge in [0.25, 0.3) is 0 Å². The van der Waals surface area contributed by atoms with Crippen LogP contribution in [0, 0.1) is 5.92 Å². The average Bonchev–Trinajstić information content (AvgIpc) is 3.02. The summed E-state index contributed by atoms with van der Waals surface area (Å²) in [5.74, 6) is 0.911. The van der Waals surface area contributed by atoms with E-state index in [1.54, 1.807) is 0 Å². The lowest BCUT2D eigenvalue weighted by molar-refractivity contribution is 0.441. The van der Waals surface area contributed by atoms with Gasteiger partial charge in [0.1, 0.15) is 0 Å². The molecule has 0 saturated heterocycles. The predicted molar refractivity (Wildman–Crippen MR) is 58.0 cm³/mol. The van der Waals surface area contributed by atoms with Crippen LogP contribution >= 0.6 is 0 Å². The minimum Gasteiger partial charge on any atom is -0.307 e. The second kappa shape index (κ2) is 4.09. The topological polar surface area (TPSA) is 24.9 Å². The highest BCUT2D eigenvalue weighted by Gasteiger charge is 2.28. The molecule has 0 amide bonds. The van der Waals surface area contributed by atoms with Crippen molar-refractivity contribution in [3.05, 3.63) is 30.1 Å². The summed E-state index contributed by atoms with van der Waals surface area (Å²) in [6, 6.07) is 5.18. The first-order valence-corrected chi connectivity index (χ1v) is 5.43. The number of nitrogens with zero attached hydrogens (tertiary/aromatic N) is 1. The van der Waals surface area contributed by atoms with Gasteiger partial charge in [-0.1, -0.05) is 6.07 Å². The zero-order valence-electron chi connectivity index (χ0n) is 8.90. The van der Waals surface area contributed by atoms with E-state index in [-0.39, 0.29) is 0 Å². The Morgan fingerprint density at radius 3 is 2.79 bits per heavy atom. The van der Waals surface area contributed by atoms with Gasteiger partial charge in [0.15, 0.2) is 0 Å². The van der Waals surface area contributed by atoms with Crippen LogP contribution in [0.15, 0.2) is 24.5 Å². The van der Waals surface area contributed by atoms with Gasteiger partial charge in [-0.3, -0.25) is 4.98 Å². The van der Waals surface area contributed by atoms with Gasteiger partial charge < -0.3 is 5.32 Å². The van der Waals surface area contributed by atoms with E-state index in [1.165, 1.54) is 18.4 Å². The zero-order chi connectivity index (χ0) is 9.97. The zero-order valence-corrected chi connectivity index (χ0v) is 8.90. The van der Waals surface area contributed by atoms with E-state index in [0.717, 1.165) is 5.92 Å². The smallest absolute Gasteiger partial charge is 0.0315 e. The summed E-state index contributed by atoms with van der Waals surface area (Å²) in [6.07, 6.45) is 6.56. The maximum absolute atomic E-state index is 4.13. The Bertz CT molecular complexity index is 280. The first-order chi connectivity index (χ1) is 6.77. The van der Waals surface area contributed by atoms with Gasteiger partial charge >= 0.3 is 0 Å². The molecule has 2 unspecified atom stereocenters. The molecule has 2 nitrogen and oxygen atoms in total. The maximum atomic E-state index is 4.13. The van der Waals surface area contributed by atoms with E-state index >= 15 is 0 Å². The minimum atomic E-state index is 0.416. The van der Waals surface area contributed by atoms with Crippen LogP contribution in [0.25, 0.3) is 0 Å². The number of rotatable bonds is 4. The van der Waals surface area contributed by atoms with Gasteiger partial charge in [0.2, 0.25) is 0 Å². The molecular weight excluding hydrogens is 172 g/mol. The van der Waals surface area contributed by atoms with Crippen LogP contribution in [0.2, 0.25) is 0 Å². The molecule has 1 N–H and O–H groups in total. The first-order valence-electron chi connectivity index (χ1n) is 5.43. The van der Waals surface area contributed by atoms with Crippen molar-refractivity contribution in [2.45, 2.75) is 38.8 Å². The van der Waals surface area contributed by atoms with Crippen molar-refractivity contribution in [3.8, 4) is 0 Å². The average molecular weight is 190 g/mol. The number of pyridine rings is 1. The Labute approximate surface area is 85.7 Å². The van der Waals surface area contributed by atoms with E-state index in [0.29, 0.717) is 12.1 Å². The van der Waals surface area contributed by atoms with E-state index in [1.807, 2.05) is 18.5 Å². The molecule has 0 radical (unpaired) electrons. The fraction of sp³-hybridized carbons (Fsp3) is 0.583. The summed E-state index contributed by atoms with van der Waals surface area (Å²) in [7, 11) is 0. The van der Waals surface area contributed by atoms with E-state index < -0.39 is 0 Å². The van der Waals surface area contributed by atoms with E-state index in [4.69, 9.17) is 0 Å². The van der Waals surface area contributed by atoms with Crippen LogP contribution in [-0.4, -0.2) is 11.0 Å². The van der Waals surface area contributed by atoms with Crippen LogP contribution < -0.4 is 5.32 Å². The molecule has 76 valence electrons. The summed E-state index contributed by atoms with van der Waals surface area (Å²) in [6.45, 7) is 4.49. The van der Waals surface area contributed by atoms with Crippen molar-refractivity contribution in [2.24, 2.45) is 5.92 Å². The maximum Gasteiger partial charge on any atom is 0.0315 e. The van der Waals surface area contributed by atoms with Crippen molar-refractivity contribution < 1.29 is 0 Å². The van der Waals surface area contributed by atoms with Crippen molar-refractivity contribution in [2.75, 3.05) is 0 Å². The monoisotopic (exact) mass is 190 g/mol. The third-order valence-corrected chi connectivity index (χ3v) is 3.03. The molecule has 2 heteroatoms. The standard InChI is InChI=1S/C12H18N2/c1-9(11-5-6-11)14-10(2)12-4-3-7-13-8-12/h3-4,7-11,14H,5-6H2,1-2H3. The molecule has 2 atom stereocenters. The summed E-state index contributed by atoms with van der Waals surface area (Å²) in [4.78, 5) is 4.13. The van der Waals surface area contributed by atoms with Gasteiger partial charge in [-0.05, 0) is 44.2 Å². The Kier molecular flexibility index (Phi) is 2.82. The molecule has 1 aliphatic carbocycles. The molecule has 1 aromatic heterocycles. The molecule has 1 aromatic rings. The Morgan fingerprint density at radius 2 is 2.21 bits per heavy atom. The van der Waals surface area contributed by atoms with Gasteiger partial charge in [-0.25, -0.2) is 0 Å². The minimum absolute atomic E-state index is 0.416. The second-order valence-electron chi connectivity index (χ2n) is 4.30. The Balaban J connectivity index is 1.91. The van der Waals surface area contributed by atoms with Gasteiger partial charge in [0, 0.05) is 24.5 Å². The molecule has 1 saturated carbocycles. The van der Waals surface area contributed by atoms with Crippen molar-refractivity contribution in [1.82, 2.24) is 10.3 Å². The largest absolute Gasteiger partial charge is 0.307 e. The normalized spacial score (nSPS) is 20.4. The predicted octanol–water partition coefficient (Wildman–Crippen LogP) is 2.53. The molecule has 0 aliphatic heterocycles. The SMILES string of the molecule is CC(NC(C)C1CC1)c1cccnc1. The highest BCUT2D eigenvalue weighted by atomic mass is 15.0. The second-order valence-corrected chi connectivity index (χ2v) is 4.30. The molecule has 14 heavy (non-hydrogen) atoms. The quantitative estimate of drug-likeness (QED) is 0.789. The van der Waals surface area contributed by atoms with Gasteiger partial charge in [-0.2, -0.15) is 0 Å². The lowest BCUT2D eigenvalue weighted by atomic mass is 10.1. The van der Waals surface area contributed by atoms with Crippen molar-refractivity contribution >= 4 is 0 Å². The molecule has 1 aliphatic rings. The van der Waals surface area contributed by atoms with Crippen LogP contribution in [0.5, 0.6) is 0 Å². The summed E-state index contributed by atoms with van der Waals surface area (Å²) < 4.78 is 0. The molecule has 0 spiro atoms. The Hall–Kier alpha value is -0.890. The number of aromatic nitrogens is 1. The molecule has 0 bridgehead atoms. The highest BCUT2D eigenvalue weighted by molar-refractivity contribution is 5.13. The fourth-order valence-corrected chi connectivity index (χ4v) is 1.85. The Morgan fingerprint density at radius 1 is 1.43 bits per heavy atom. The number of hydrogen-bond donors (Lipinski definition) is 1. The molecular formula is C12H18N2. The fourth-order valence-electron chi connectivity index (χ4n) is 1.85. The summed E-state index contributed by atoms with van der Waals surface area (Å²) >= 11 is 0. The highest BCUT2D eigenvalue weighted by Crippen LogP contribution is 2.33. The first kappa shape index (κ1) is 9.66. The van der Waals surface area contributed by atoms with Gasteiger partial charge in [-0.15, -0.1) is 0 Å². The summed E-state index contributed by atoms with van der Waals surface area (Å²) in [5.41, 5.74) is 1.28. The molecule has 0 aromatic carbocycles. The lowest BCUT2D eigenvalue weighted by Gasteiger charge is -2.19.